The Morgan fingerprint density at radius 3 is 2.67 bits per heavy atom. The Morgan fingerprint density at radius 2 is 2.20 bits per heavy atom. The molecule has 2 atom stereocenters. The topological polar surface area (TPSA) is 26.0 Å². The average molecular weight is 243 g/mol. The molecule has 0 spiro atoms. The summed E-state index contributed by atoms with van der Waals surface area (Å²) in [7, 11) is 0. The molecule has 2 N–H and O–H groups in total. The molecule has 1 rings (SSSR count). The van der Waals surface area contributed by atoms with Crippen LogP contribution in [0.4, 0.5) is 0 Å². The molecule has 1 aromatic heterocycles. The molecule has 0 fully saturated rings. The second-order valence-electron chi connectivity index (χ2n) is 4.02. The van der Waals surface area contributed by atoms with Crippen LogP contribution < -0.4 is 5.73 Å². The van der Waals surface area contributed by atoms with Crippen molar-refractivity contribution < 1.29 is 0 Å². The van der Waals surface area contributed by atoms with Gasteiger partial charge in [0.15, 0.2) is 0 Å². The number of rotatable bonds is 6. The zero-order chi connectivity index (χ0) is 11.3. The van der Waals surface area contributed by atoms with Gasteiger partial charge in [-0.05, 0) is 30.7 Å². The van der Waals surface area contributed by atoms with E-state index < -0.39 is 0 Å². The quantitative estimate of drug-likeness (QED) is 0.821. The molecule has 0 bridgehead atoms. The van der Waals surface area contributed by atoms with Crippen LogP contribution in [0, 0.1) is 12.8 Å². The van der Waals surface area contributed by atoms with Crippen molar-refractivity contribution >= 4 is 23.1 Å². The summed E-state index contributed by atoms with van der Waals surface area (Å²) in [5.41, 5.74) is 5.83. The molecule has 0 saturated heterocycles. The van der Waals surface area contributed by atoms with Gasteiger partial charge < -0.3 is 5.73 Å². The van der Waals surface area contributed by atoms with Crippen molar-refractivity contribution in [2.24, 2.45) is 11.7 Å². The zero-order valence-corrected chi connectivity index (χ0v) is 11.5. The van der Waals surface area contributed by atoms with E-state index in [1.54, 1.807) is 0 Å². The van der Waals surface area contributed by atoms with Crippen molar-refractivity contribution in [1.29, 1.82) is 0 Å². The predicted molar refractivity (Wildman–Crippen MR) is 72.8 cm³/mol. The Balaban J connectivity index is 2.49. The first-order valence-electron chi connectivity index (χ1n) is 5.55. The highest BCUT2D eigenvalue weighted by atomic mass is 32.2. The number of nitrogens with two attached hydrogens (primary N) is 1. The molecule has 3 heteroatoms. The van der Waals surface area contributed by atoms with Crippen LogP contribution in [0.1, 0.15) is 35.3 Å². The van der Waals surface area contributed by atoms with Gasteiger partial charge in [-0.3, -0.25) is 0 Å². The van der Waals surface area contributed by atoms with E-state index in [0.717, 1.165) is 12.5 Å². The largest absolute Gasteiger partial charge is 0.329 e. The fourth-order valence-corrected chi connectivity index (χ4v) is 3.69. The van der Waals surface area contributed by atoms with Crippen molar-refractivity contribution in [1.82, 2.24) is 0 Å². The third-order valence-electron chi connectivity index (χ3n) is 2.57. The third-order valence-corrected chi connectivity index (χ3v) is 5.45. The average Bonchev–Trinajstić information content (AvgIpc) is 2.65. The molecule has 1 heterocycles. The number of thiophene rings is 1. The summed E-state index contributed by atoms with van der Waals surface area (Å²) in [5, 5.41) is 0.498. The Labute approximate surface area is 101 Å². The van der Waals surface area contributed by atoms with Crippen molar-refractivity contribution in [3.8, 4) is 0 Å². The van der Waals surface area contributed by atoms with E-state index in [1.807, 2.05) is 23.1 Å². The normalized spacial score (nSPS) is 15.2. The molecular weight excluding hydrogens is 222 g/mol. The Kier molecular flexibility index (Phi) is 5.72. The molecule has 1 aromatic rings. The molecule has 0 aromatic carbocycles. The minimum atomic E-state index is 0.498. The zero-order valence-electron chi connectivity index (χ0n) is 9.82. The number of hydrogen-bond donors (Lipinski definition) is 1. The monoisotopic (exact) mass is 243 g/mol. The van der Waals surface area contributed by atoms with Gasteiger partial charge in [0.05, 0.1) is 5.25 Å². The van der Waals surface area contributed by atoms with Crippen LogP contribution in [-0.2, 0) is 0 Å². The third kappa shape index (κ3) is 4.17. The van der Waals surface area contributed by atoms with Gasteiger partial charge in [-0.25, -0.2) is 0 Å². The molecule has 2 unspecified atom stereocenters. The predicted octanol–water partition coefficient (Wildman–Crippen LogP) is 3.84. The van der Waals surface area contributed by atoms with Crippen molar-refractivity contribution in [3.05, 3.63) is 21.9 Å². The van der Waals surface area contributed by atoms with E-state index >= 15 is 0 Å². The van der Waals surface area contributed by atoms with Gasteiger partial charge in [0.2, 0.25) is 0 Å². The highest BCUT2D eigenvalue weighted by molar-refractivity contribution is 7.99. The molecule has 0 radical (unpaired) electrons. The van der Waals surface area contributed by atoms with Crippen LogP contribution in [0.3, 0.4) is 0 Å². The molecule has 15 heavy (non-hydrogen) atoms. The minimum Gasteiger partial charge on any atom is -0.329 e. The number of hydrogen-bond acceptors (Lipinski definition) is 3. The summed E-state index contributed by atoms with van der Waals surface area (Å²) in [6.45, 7) is 7.46. The van der Waals surface area contributed by atoms with Gasteiger partial charge in [0.25, 0.3) is 0 Å². The van der Waals surface area contributed by atoms with Crippen LogP contribution in [0.5, 0.6) is 0 Å². The van der Waals surface area contributed by atoms with E-state index in [0.29, 0.717) is 5.25 Å². The molecular formula is C12H21NS2. The molecule has 0 aliphatic rings. The lowest BCUT2D eigenvalue weighted by Gasteiger charge is -2.15. The van der Waals surface area contributed by atoms with E-state index in [9.17, 15) is 0 Å². The summed E-state index contributed by atoms with van der Waals surface area (Å²) >= 11 is 3.88. The van der Waals surface area contributed by atoms with Gasteiger partial charge in [0, 0.05) is 16.3 Å². The van der Waals surface area contributed by atoms with E-state index in [4.69, 9.17) is 5.73 Å². The number of thioether (sulfide) groups is 1. The summed E-state index contributed by atoms with van der Waals surface area (Å²) in [6.07, 6.45) is 1.26. The second-order valence-corrected chi connectivity index (χ2v) is 6.57. The lowest BCUT2D eigenvalue weighted by molar-refractivity contribution is 0.635. The molecule has 86 valence electrons. The highest BCUT2D eigenvalue weighted by Crippen LogP contribution is 2.34. The first kappa shape index (κ1) is 13.1. The van der Waals surface area contributed by atoms with Crippen molar-refractivity contribution in [2.45, 2.75) is 32.4 Å². The van der Waals surface area contributed by atoms with Crippen molar-refractivity contribution in [3.63, 3.8) is 0 Å². The van der Waals surface area contributed by atoms with E-state index in [-0.39, 0.29) is 0 Å². The van der Waals surface area contributed by atoms with Gasteiger partial charge in [-0.2, -0.15) is 11.8 Å². The fourth-order valence-electron chi connectivity index (χ4n) is 1.29. The minimum absolute atomic E-state index is 0.498. The lowest BCUT2D eigenvalue weighted by atomic mass is 10.2. The van der Waals surface area contributed by atoms with Gasteiger partial charge in [-0.1, -0.05) is 20.3 Å². The van der Waals surface area contributed by atoms with Crippen LogP contribution in [0.15, 0.2) is 12.1 Å². The molecule has 0 aliphatic heterocycles. The van der Waals surface area contributed by atoms with Gasteiger partial charge >= 0.3 is 0 Å². The summed E-state index contributed by atoms with van der Waals surface area (Å²) in [4.78, 5) is 2.82. The summed E-state index contributed by atoms with van der Waals surface area (Å²) < 4.78 is 0. The highest BCUT2D eigenvalue weighted by Gasteiger charge is 2.13. The van der Waals surface area contributed by atoms with Crippen LogP contribution in [0.2, 0.25) is 0 Å². The standard InChI is InChI=1S/C12H21NS2/c1-4-9(2)8-14-12(7-13)11-6-5-10(3)15-11/h5-6,9,12H,4,7-8,13H2,1-3H3. The van der Waals surface area contributed by atoms with Gasteiger partial charge in [0.1, 0.15) is 0 Å². The fraction of sp³-hybridized carbons (Fsp3) is 0.667. The first-order chi connectivity index (χ1) is 7.17. The van der Waals surface area contributed by atoms with Crippen LogP contribution in [-0.4, -0.2) is 12.3 Å². The van der Waals surface area contributed by atoms with E-state index in [2.05, 4.69) is 32.9 Å². The summed E-state index contributed by atoms with van der Waals surface area (Å²) in [6, 6.07) is 4.41. The smallest absolute Gasteiger partial charge is 0.0513 e. The summed E-state index contributed by atoms with van der Waals surface area (Å²) in [5.74, 6) is 2.01. The van der Waals surface area contributed by atoms with E-state index in [1.165, 1.54) is 21.9 Å². The lowest BCUT2D eigenvalue weighted by Crippen LogP contribution is -2.10. The molecule has 1 nitrogen and oxygen atoms in total. The van der Waals surface area contributed by atoms with Crippen LogP contribution >= 0.6 is 23.1 Å². The first-order valence-corrected chi connectivity index (χ1v) is 7.41. The molecule has 0 aliphatic carbocycles. The Morgan fingerprint density at radius 1 is 1.47 bits per heavy atom. The second kappa shape index (κ2) is 6.56. The van der Waals surface area contributed by atoms with Gasteiger partial charge in [-0.15, -0.1) is 11.3 Å². The maximum Gasteiger partial charge on any atom is 0.0513 e. The Bertz CT molecular complexity index is 283. The maximum absolute atomic E-state index is 5.83. The SMILES string of the molecule is CCC(C)CSC(CN)c1ccc(C)s1. The maximum atomic E-state index is 5.83. The van der Waals surface area contributed by atoms with Crippen molar-refractivity contribution in [2.75, 3.05) is 12.3 Å². The molecule has 0 amide bonds. The number of aryl methyl sites for hydroxylation is 1. The van der Waals surface area contributed by atoms with Crippen LogP contribution in [0.25, 0.3) is 0 Å². The molecule has 0 saturated carbocycles. The Hall–Kier alpha value is 0.01000.